The number of aromatic nitrogens is 2. The number of rotatable bonds is 1. The molecular formula is C23H23N3O3. The molecule has 0 fully saturated rings. The summed E-state index contributed by atoms with van der Waals surface area (Å²) in [5.74, 6) is 1.76. The van der Waals surface area contributed by atoms with Gasteiger partial charge in [0, 0.05) is 30.7 Å². The van der Waals surface area contributed by atoms with Crippen LogP contribution >= 0.6 is 0 Å². The maximum absolute atomic E-state index is 13.1. The lowest BCUT2D eigenvalue weighted by molar-refractivity contribution is 0.0738. The molecule has 0 radical (unpaired) electrons. The van der Waals surface area contributed by atoms with Gasteiger partial charge in [-0.05, 0) is 49.6 Å². The highest BCUT2D eigenvalue weighted by molar-refractivity contribution is 5.93. The van der Waals surface area contributed by atoms with Gasteiger partial charge in [0.2, 0.25) is 5.88 Å². The van der Waals surface area contributed by atoms with E-state index in [-0.39, 0.29) is 5.91 Å². The summed E-state index contributed by atoms with van der Waals surface area (Å²) in [6.45, 7) is 1.67. The van der Waals surface area contributed by atoms with Gasteiger partial charge in [0.05, 0.1) is 18.7 Å². The zero-order valence-electron chi connectivity index (χ0n) is 16.2. The maximum Gasteiger partial charge on any atom is 0.255 e. The van der Waals surface area contributed by atoms with Crippen LogP contribution in [0, 0.1) is 0 Å². The van der Waals surface area contributed by atoms with Gasteiger partial charge in [0.1, 0.15) is 0 Å². The summed E-state index contributed by atoms with van der Waals surface area (Å²) in [4.78, 5) is 23.4. The molecule has 6 nitrogen and oxygen atoms in total. The Morgan fingerprint density at radius 2 is 1.79 bits per heavy atom. The Bertz CT molecular complexity index is 962. The first kappa shape index (κ1) is 18.9. The van der Waals surface area contributed by atoms with Crippen LogP contribution in [0.3, 0.4) is 0 Å². The molecule has 1 amide bonds. The quantitative estimate of drug-likeness (QED) is 0.614. The van der Waals surface area contributed by atoms with Gasteiger partial charge < -0.3 is 14.4 Å². The van der Waals surface area contributed by atoms with E-state index in [0.717, 1.165) is 24.8 Å². The Kier molecular flexibility index (Phi) is 6.00. The van der Waals surface area contributed by atoms with E-state index in [1.54, 1.807) is 30.7 Å². The molecule has 148 valence electrons. The Morgan fingerprint density at radius 3 is 2.66 bits per heavy atom. The van der Waals surface area contributed by atoms with Crippen molar-refractivity contribution >= 4 is 5.91 Å². The van der Waals surface area contributed by atoms with Gasteiger partial charge >= 0.3 is 0 Å². The van der Waals surface area contributed by atoms with Crippen LogP contribution in [0.1, 0.15) is 35.2 Å². The Morgan fingerprint density at radius 1 is 0.931 bits per heavy atom. The molecule has 0 saturated heterocycles. The minimum atomic E-state index is -0.0422. The summed E-state index contributed by atoms with van der Waals surface area (Å²) in [7, 11) is 0. The van der Waals surface area contributed by atoms with E-state index < -0.39 is 0 Å². The number of amides is 1. The van der Waals surface area contributed by atoms with Crippen molar-refractivity contribution < 1.29 is 14.3 Å². The van der Waals surface area contributed by atoms with E-state index in [1.807, 2.05) is 41.3 Å². The second-order valence-corrected chi connectivity index (χ2v) is 6.89. The molecule has 1 aliphatic rings. The van der Waals surface area contributed by atoms with Crippen molar-refractivity contribution in [1.82, 2.24) is 14.9 Å². The lowest BCUT2D eigenvalue weighted by Gasteiger charge is -2.23. The Labute approximate surface area is 170 Å². The van der Waals surface area contributed by atoms with Gasteiger partial charge in [-0.2, -0.15) is 0 Å². The molecule has 0 unspecified atom stereocenters. The number of benzene rings is 1. The zero-order valence-corrected chi connectivity index (χ0v) is 16.2. The van der Waals surface area contributed by atoms with Gasteiger partial charge in [0.25, 0.3) is 5.91 Å². The van der Waals surface area contributed by atoms with Crippen molar-refractivity contribution in [2.75, 3.05) is 13.2 Å². The second kappa shape index (κ2) is 9.19. The third-order valence-corrected chi connectivity index (χ3v) is 4.79. The number of hydrogen-bond donors (Lipinski definition) is 0. The first-order chi connectivity index (χ1) is 14.3. The minimum Gasteiger partial charge on any atom is -0.490 e. The van der Waals surface area contributed by atoms with Crippen LogP contribution in [0.2, 0.25) is 0 Å². The number of pyridine rings is 2. The topological polar surface area (TPSA) is 64.6 Å². The van der Waals surface area contributed by atoms with Crippen LogP contribution in [-0.2, 0) is 6.54 Å². The normalized spacial score (nSPS) is 14.7. The molecule has 0 N–H and O–H groups in total. The molecule has 29 heavy (non-hydrogen) atoms. The molecule has 3 heterocycles. The maximum atomic E-state index is 13.1. The molecule has 1 aliphatic heterocycles. The third kappa shape index (κ3) is 4.71. The summed E-state index contributed by atoms with van der Waals surface area (Å²) < 4.78 is 12.0. The first-order valence-electron chi connectivity index (χ1n) is 9.84. The molecule has 6 heteroatoms. The number of carbonyl (C=O) groups is 1. The highest BCUT2D eigenvalue weighted by Gasteiger charge is 2.19. The molecule has 0 bridgehead atoms. The van der Waals surface area contributed by atoms with Crippen LogP contribution in [0.5, 0.6) is 17.4 Å². The van der Waals surface area contributed by atoms with Gasteiger partial charge in [0.15, 0.2) is 11.5 Å². The lowest BCUT2D eigenvalue weighted by Crippen LogP contribution is -2.32. The Hall–Kier alpha value is -3.41. The molecule has 0 saturated carbocycles. The minimum absolute atomic E-state index is 0.0422. The molecule has 4 rings (SSSR count). The number of fused-ring (bicyclic) bond motifs is 2. The summed E-state index contributed by atoms with van der Waals surface area (Å²) >= 11 is 0. The highest BCUT2D eigenvalue weighted by atomic mass is 16.5. The third-order valence-electron chi connectivity index (χ3n) is 4.79. The highest BCUT2D eigenvalue weighted by Crippen LogP contribution is 2.32. The van der Waals surface area contributed by atoms with Crippen LogP contribution in [-0.4, -0.2) is 33.9 Å². The fourth-order valence-corrected chi connectivity index (χ4v) is 3.29. The van der Waals surface area contributed by atoms with Crippen molar-refractivity contribution in [2.45, 2.75) is 25.8 Å². The average Bonchev–Trinajstić information content (AvgIpc) is 2.78. The van der Waals surface area contributed by atoms with Crippen molar-refractivity contribution in [3.63, 3.8) is 0 Å². The van der Waals surface area contributed by atoms with E-state index in [9.17, 15) is 4.79 Å². The first-order valence-corrected chi connectivity index (χ1v) is 9.84. The number of hydrogen-bond acceptors (Lipinski definition) is 5. The zero-order chi connectivity index (χ0) is 19.9. The predicted molar refractivity (Wildman–Crippen MR) is 109 cm³/mol. The SMILES string of the molecule is O=C(c1cccnc1)N1CCCCCOc2ccccc2Oc2ncccc2C1. The van der Waals surface area contributed by atoms with E-state index in [4.69, 9.17) is 9.47 Å². The van der Waals surface area contributed by atoms with Crippen LogP contribution in [0.25, 0.3) is 0 Å². The van der Waals surface area contributed by atoms with Crippen molar-refractivity contribution in [3.8, 4) is 17.4 Å². The number of ether oxygens (including phenoxy) is 2. The summed E-state index contributed by atoms with van der Waals surface area (Å²) in [6, 6.07) is 15.0. The summed E-state index contributed by atoms with van der Waals surface area (Å²) in [5.41, 5.74) is 1.43. The molecule has 0 aliphatic carbocycles. The van der Waals surface area contributed by atoms with Crippen LogP contribution in [0.4, 0.5) is 0 Å². The molecule has 0 atom stereocenters. The summed E-state index contributed by atoms with van der Waals surface area (Å²) in [6.07, 6.45) is 7.74. The van der Waals surface area contributed by atoms with E-state index >= 15 is 0 Å². The van der Waals surface area contributed by atoms with Crippen molar-refractivity contribution in [3.05, 3.63) is 78.2 Å². The standard InChI is InChI=1S/C23H23N3O3/c27-23(18-8-6-12-24-16-18)26-14-4-1-5-15-28-20-10-2-3-11-21(20)29-22-19(17-26)9-7-13-25-22/h2-3,6-13,16H,1,4-5,14-15,17H2. The molecule has 3 aromatic rings. The van der Waals surface area contributed by atoms with Crippen LogP contribution < -0.4 is 9.47 Å². The lowest BCUT2D eigenvalue weighted by atomic mass is 10.1. The van der Waals surface area contributed by atoms with Gasteiger partial charge in [-0.15, -0.1) is 0 Å². The number of carbonyl (C=O) groups excluding carboxylic acids is 1. The van der Waals surface area contributed by atoms with Gasteiger partial charge in [-0.25, -0.2) is 4.98 Å². The smallest absolute Gasteiger partial charge is 0.255 e. The summed E-state index contributed by atoms with van der Waals surface area (Å²) in [5, 5.41) is 0. The fraction of sp³-hybridized carbons (Fsp3) is 0.261. The fourth-order valence-electron chi connectivity index (χ4n) is 3.29. The van der Waals surface area contributed by atoms with E-state index in [0.29, 0.717) is 42.6 Å². The second-order valence-electron chi connectivity index (χ2n) is 6.89. The monoisotopic (exact) mass is 389 g/mol. The molecule has 0 spiro atoms. The average molecular weight is 389 g/mol. The van der Waals surface area contributed by atoms with E-state index in [1.165, 1.54) is 0 Å². The Balaban J connectivity index is 1.66. The molecular weight excluding hydrogens is 366 g/mol. The number of nitrogens with zero attached hydrogens (tertiary/aromatic N) is 3. The predicted octanol–water partition coefficient (Wildman–Crippen LogP) is 4.47. The molecule has 1 aromatic carbocycles. The van der Waals surface area contributed by atoms with Crippen LogP contribution in [0.15, 0.2) is 67.1 Å². The largest absolute Gasteiger partial charge is 0.490 e. The van der Waals surface area contributed by atoms with Crippen molar-refractivity contribution in [2.24, 2.45) is 0 Å². The van der Waals surface area contributed by atoms with Gasteiger partial charge in [-0.1, -0.05) is 18.2 Å². The number of para-hydroxylation sites is 2. The molecule has 2 aromatic heterocycles. The van der Waals surface area contributed by atoms with Gasteiger partial charge in [-0.3, -0.25) is 9.78 Å². The van der Waals surface area contributed by atoms with Crippen molar-refractivity contribution in [1.29, 1.82) is 0 Å². The van der Waals surface area contributed by atoms with E-state index in [2.05, 4.69) is 9.97 Å².